The molecule has 0 radical (unpaired) electrons. The van der Waals surface area contributed by atoms with E-state index in [1.54, 1.807) is 6.92 Å². The van der Waals surface area contributed by atoms with Gasteiger partial charge >= 0.3 is 0 Å². The Morgan fingerprint density at radius 2 is 1.82 bits per heavy atom. The van der Waals surface area contributed by atoms with Crippen LogP contribution >= 0.6 is 0 Å². The van der Waals surface area contributed by atoms with Crippen molar-refractivity contribution >= 4 is 10.0 Å². The largest absolute Gasteiger partial charge is 0.268 e. The van der Waals surface area contributed by atoms with Gasteiger partial charge in [-0.1, -0.05) is 6.07 Å². The summed E-state index contributed by atoms with van der Waals surface area (Å²) in [5, 5.41) is 3.92. The molecule has 6 nitrogen and oxygen atoms in total. The van der Waals surface area contributed by atoms with Gasteiger partial charge in [-0.15, -0.1) is 0 Å². The molecule has 1 N–H and O–H groups in total. The Hall–Kier alpha value is -2.13. The summed E-state index contributed by atoms with van der Waals surface area (Å²) in [7, 11) is -4.36. The summed E-state index contributed by atoms with van der Waals surface area (Å²) in [6, 6.07) is 5.60. The fourth-order valence-electron chi connectivity index (χ4n) is 1.81. The van der Waals surface area contributed by atoms with Crippen molar-refractivity contribution in [3.05, 3.63) is 58.0 Å². The lowest BCUT2D eigenvalue weighted by molar-refractivity contribution is 0.507. The van der Waals surface area contributed by atoms with E-state index >= 15 is 0 Å². The second-order valence-electron chi connectivity index (χ2n) is 4.48. The summed E-state index contributed by atoms with van der Waals surface area (Å²) in [5.41, 5.74) is 0.185. The average Bonchev–Trinajstić information content (AvgIpc) is 2.42. The second kappa shape index (κ2) is 6.32. The molecule has 118 valence electrons. The van der Waals surface area contributed by atoms with Gasteiger partial charge in [0.15, 0.2) is 4.90 Å². The molecular weight excluding hydrogens is 316 g/mol. The van der Waals surface area contributed by atoms with Crippen molar-refractivity contribution in [2.75, 3.05) is 6.54 Å². The zero-order valence-electron chi connectivity index (χ0n) is 11.6. The highest BCUT2D eigenvalue weighted by Crippen LogP contribution is 2.17. The van der Waals surface area contributed by atoms with Gasteiger partial charge in [-0.05, 0) is 25.1 Å². The molecule has 22 heavy (non-hydrogen) atoms. The van der Waals surface area contributed by atoms with Crippen molar-refractivity contribution in [1.29, 1.82) is 0 Å². The summed E-state index contributed by atoms with van der Waals surface area (Å²) >= 11 is 0. The number of aromatic nitrogens is 2. The van der Waals surface area contributed by atoms with Crippen LogP contribution in [0, 0.1) is 18.6 Å². The van der Waals surface area contributed by atoms with E-state index in [0.29, 0.717) is 5.69 Å². The summed E-state index contributed by atoms with van der Waals surface area (Å²) in [4.78, 5) is 10.5. The third-order valence-electron chi connectivity index (χ3n) is 2.80. The van der Waals surface area contributed by atoms with E-state index in [9.17, 15) is 22.0 Å². The molecule has 0 unspecified atom stereocenters. The van der Waals surface area contributed by atoms with Gasteiger partial charge < -0.3 is 0 Å². The predicted molar refractivity (Wildman–Crippen MR) is 74.8 cm³/mol. The summed E-state index contributed by atoms with van der Waals surface area (Å²) in [6.07, 6.45) is 0. The van der Waals surface area contributed by atoms with E-state index in [1.807, 2.05) is 4.72 Å². The van der Waals surface area contributed by atoms with E-state index in [2.05, 4.69) is 5.10 Å². The fraction of sp³-hybridized carbons (Fsp3) is 0.231. The summed E-state index contributed by atoms with van der Waals surface area (Å²) in [6.45, 7) is 1.39. The van der Waals surface area contributed by atoms with Crippen LogP contribution in [0.3, 0.4) is 0 Å². The maximum Gasteiger partial charge on any atom is 0.266 e. The topological polar surface area (TPSA) is 81.1 Å². The molecule has 1 aromatic carbocycles. The molecule has 0 aliphatic rings. The minimum Gasteiger partial charge on any atom is -0.268 e. The summed E-state index contributed by atoms with van der Waals surface area (Å²) in [5.74, 6) is -2.36. The van der Waals surface area contributed by atoms with E-state index in [-0.39, 0.29) is 13.1 Å². The zero-order valence-corrected chi connectivity index (χ0v) is 12.4. The van der Waals surface area contributed by atoms with Gasteiger partial charge in [-0.2, -0.15) is 5.10 Å². The Bertz CT molecular complexity index is 830. The highest BCUT2D eigenvalue weighted by atomic mass is 32.2. The number of hydrogen-bond acceptors (Lipinski definition) is 4. The Balaban J connectivity index is 2.14. The maximum atomic E-state index is 13.5. The number of nitrogens with zero attached hydrogens (tertiary/aromatic N) is 2. The lowest BCUT2D eigenvalue weighted by Gasteiger charge is -2.09. The molecule has 1 heterocycles. The molecule has 0 atom stereocenters. The van der Waals surface area contributed by atoms with Gasteiger partial charge in [0.05, 0.1) is 12.2 Å². The minimum absolute atomic E-state index is 0.0597. The van der Waals surface area contributed by atoms with Crippen molar-refractivity contribution in [1.82, 2.24) is 14.5 Å². The predicted octanol–water partition coefficient (Wildman–Crippen LogP) is 0.808. The Morgan fingerprint density at radius 3 is 2.45 bits per heavy atom. The number of hydrogen-bond donors (Lipinski definition) is 1. The van der Waals surface area contributed by atoms with Gasteiger partial charge in [0, 0.05) is 12.6 Å². The molecule has 0 amide bonds. The van der Waals surface area contributed by atoms with Crippen LogP contribution in [0.25, 0.3) is 0 Å². The van der Waals surface area contributed by atoms with Crippen molar-refractivity contribution in [3.8, 4) is 0 Å². The van der Waals surface area contributed by atoms with Gasteiger partial charge in [-0.25, -0.2) is 26.6 Å². The van der Waals surface area contributed by atoms with Crippen molar-refractivity contribution in [2.45, 2.75) is 18.4 Å². The third-order valence-corrected chi connectivity index (χ3v) is 4.31. The van der Waals surface area contributed by atoms with Gasteiger partial charge in [-0.3, -0.25) is 4.79 Å². The van der Waals surface area contributed by atoms with E-state index in [1.165, 1.54) is 12.1 Å². The monoisotopic (exact) mass is 329 g/mol. The van der Waals surface area contributed by atoms with Crippen molar-refractivity contribution in [3.63, 3.8) is 0 Å². The number of benzene rings is 1. The standard InChI is InChI=1S/C13H13F2N3O3S/c1-9-5-6-12(19)18(17-9)8-7-16-22(20,21)13-10(14)3-2-4-11(13)15/h2-6,16H,7-8H2,1H3. The lowest BCUT2D eigenvalue weighted by Crippen LogP contribution is -2.32. The van der Waals surface area contributed by atoms with Gasteiger partial charge in [0.25, 0.3) is 5.56 Å². The molecular formula is C13H13F2N3O3S. The Kier molecular flexibility index (Phi) is 4.67. The molecule has 0 saturated carbocycles. The first-order chi connectivity index (χ1) is 10.3. The lowest BCUT2D eigenvalue weighted by atomic mass is 10.3. The Labute approximate surface area is 125 Å². The van der Waals surface area contributed by atoms with Crippen LogP contribution in [-0.2, 0) is 16.6 Å². The number of nitrogens with one attached hydrogen (secondary N) is 1. The van der Waals surface area contributed by atoms with E-state index in [4.69, 9.17) is 0 Å². The quantitative estimate of drug-likeness (QED) is 0.880. The molecule has 0 spiro atoms. The fourth-order valence-corrected chi connectivity index (χ4v) is 2.96. The first-order valence-corrected chi connectivity index (χ1v) is 7.78. The molecule has 2 aromatic rings. The zero-order chi connectivity index (χ0) is 16.3. The number of halogens is 2. The van der Waals surface area contributed by atoms with Crippen LogP contribution < -0.4 is 10.3 Å². The molecule has 0 fully saturated rings. The normalized spacial score (nSPS) is 11.6. The van der Waals surface area contributed by atoms with Gasteiger partial charge in [0.2, 0.25) is 10.0 Å². The molecule has 0 bridgehead atoms. The molecule has 0 aliphatic carbocycles. The highest BCUT2D eigenvalue weighted by Gasteiger charge is 2.23. The second-order valence-corrected chi connectivity index (χ2v) is 6.19. The van der Waals surface area contributed by atoms with Crippen LogP contribution in [0.5, 0.6) is 0 Å². The van der Waals surface area contributed by atoms with Crippen LogP contribution in [0.2, 0.25) is 0 Å². The number of aryl methyl sites for hydroxylation is 1. The average molecular weight is 329 g/mol. The maximum absolute atomic E-state index is 13.5. The smallest absolute Gasteiger partial charge is 0.266 e. The van der Waals surface area contributed by atoms with Crippen LogP contribution in [0.4, 0.5) is 8.78 Å². The van der Waals surface area contributed by atoms with E-state index in [0.717, 1.165) is 22.9 Å². The summed E-state index contributed by atoms with van der Waals surface area (Å²) < 4.78 is 53.9. The van der Waals surface area contributed by atoms with Gasteiger partial charge in [0.1, 0.15) is 11.6 Å². The van der Waals surface area contributed by atoms with Crippen molar-refractivity contribution < 1.29 is 17.2 Å². The molecule has 0 aliphatic heterocycles. The Morgan fingerprint density at radius 1 is 1.18 bits per heavy atom. The molecule has 9 heteroatoms. The first kappa shape index (κ1) is 16.2. The molecule has 0 saturated heterocycles. The number of rotatable bonds is 5. The highest BCUT2D eigenvalue weighted by molar-refractivity contribution is 7.89. The SMILES string of the molecule is Cc1ccc(=O)n(CCNS(=O)(=O)c2c(F)cccc2F)n1. The van der Waals surface area contributed by atoms with E-state index < -0.39 is 32.1 Å². The van der Waals surface area contributed by atoms with Crippen LogP contribution in [0.1, 0.15) is 5.69 Å². The molecule has 2 rings (SSSR count). The molecule has 1 aromatic heterocycles. The van der Waals surface area contributed by atoms with Crippen LogP contribution in [0.15, 0.2) is 40.0 Å². The first-order valence-electron chi connectivity index (χ1n) is 6.30. The number of sulfonamides is 1. The van der Waals surface area contributed by atoms with Crippen LogP contribution in [-0.4, -0.2) is 24.7 Å². The minimum atomic E-state index is -4.36. The van der Waals surface area contributed by atoms with Crippen molar-refractivity contribution in [2.24, 2.45) is 0 Å². The third kappa shape index (κ3) is 3.55.